The van der Waals surface area contributed by atoms with Gasteiger partial charge in [0.25, 0.3) is 0 Å². The molecule has 0 aliphatic heterocycles. The first kappa shape index (κ1) is 18.0. The fourth-order valence-electron chi connectivity index (χ4n) is 2.48. The average molecular weight is 371 g/mol. The van der Waals surface area contributed by atoms with Crippen LogP contribution < -0.4 is 5.32 Å². The van der Waals surface area contributed by atoms with Crippen molar-refractivity contribution in [1.82, 2.24) is 10.3 Å². The van der Waals surface area contributed by atoms with Gasteiger partial charge in [-0.3, -0.25) is 4.79 Å². The van der Waals surface area contributed by atoms with Gasteiger partial charge in [0, 0.05) is 23.8 Å². The number of carbonyl (C=O) groups excluding carboxylic acids is 1. The Kier molecular flexibility index (Phi) is 6.48. The van der Waals surface area contributed by atoms with E-state index in [2.05, 4.69) is 35.4 Å². The highest BCUT2D eigenvalue weighted by Crippen LogP contribution is 2.26. The van der Waals surface area contributed by atoms with E-state index in [1.165, 1.54) is 9.60 Å². The molecule has 130 valence electrons. The zero-order valence-electron chi connectivity index (χ0n) is 14.3. The summed E-state index contributed by atoms with van der Waals surface area (Å²) in [4.78, 5) is 17.9. The molecule has 0 fully saturated rings. The first-order valence-electron chi connectivity index (χ1n) is 8.52. The minimum absolute atomic E-state index is 0.127. The second-order valence-electron chi connectivity index (χ2n) is 5.99. The van der Waals surface area contributed by atoms with Crippen molar-refractivity contribution in [2.45, 2.75) is 30.6 Å². The summed E-state index contributed by atoms with van der Waals surface area (Å²) in [5, 5.41) is 4.13. The molecule has 2 aromatic carbocycles. The molecule has 0 aliphatic carbocycles. The van der Waals surface area contributed by atoms with Crippen LogP contribution in [0.1, 0.15) is 30.7 Å². The summed E-state index contributed by atoms with van der Waals surface area (Å²) < 4.78 is 1.20. The van der Waals surface area contributed by atoms with Gasteiger partial charge in [-0.2, -0.15) is 0 Å². The molecule has 0 saturated heterocycles. The summed E-state index contributed by atoms with van der Waals surface area (Å²) in [6.07, 6.45) is 1.47. The van der Waals surface area contributed by atoms with Crippen LogP contribution in [0.15, 0.2) is 59.5 Å². The Labute approximate surface area is 156 Å². The summed E-state index contributed by atoms with van der Waals surface area (Å²) in [5.74, 6) is 1.33. The van der Waals surface area contributed by atoms with E-state index in [-0.39, 0.29) is 11.8 Å². The molecule has 1 aromatic heterocycles. The number of nitrogens with one attached hydrogen (secondary N) is 1. The van der Waals surface area contributed by atoms with Crippen LogP contribution in [0.2, 0.25) is 0 Å². The van der Waals surface area contributed by atoms with Crippen LogP contribution in [0, 0.1) is 0 Å². The number of amides is 1. The molecular formula is C20H22N2OS2. The third-order valence-electron chi connectivity index (χ3n) is 3.90. The van der Waals surface area contributed by atoms with Gasteiger partial charge in [-0.25, -0.2) is 4.98 Å². The molecule has 1 heterocycles. The lowest BCUT2D eigenvalue weighted by Gasteiger charge is -2.10. The summed E-state index contributed by atoms with van der Waals surface area (Å²) >= 11 is 3.51. The highest BCUT2D eigenvalue weighted by molar-refractivity contribution is 7.99. The third kappa shape index (κ3) is 5.31. The highest BCUT2D eigenvalue weighted by Gasteiger charge is 2.12. The molecule has 1 unspecified atom stereocenters. The van der Waals surface area contributed by atoms with Gasteiger partial charge >= 0.3 is 0 Å². The maximum absolute atomic E-state index is 12.0. The Bertz CT molecular complexity index is 784. The molecule has 1 atom stereocenters. The lowest BCUT2D eigenvalue weighted by Crippen LogP contribution is -2.27. The maximum atomic E-state index is 12.0. The second kappa shape index (κ2) is 9.02. The minimum Gasteiger partial charge on any atom is -0.355 e. The van der Waals surface area contributed by atoms with Crippen LogP contribution in [0.5, 0.6) is 0 Å². The zero-order chi connectivity index (χ0) is 17.5. The number of hydrogen-bond donors (Lipinski definition) is 1. The van der Waals surface area contributed by atoms with Crippen molar-refractivity contribution in [2.24, 2.45) is 0 Å². The van der Waals surface area contributed by atoms with Gasteiger partial charge in [0.2, 0.25) is 5.91 Å². The van der Waals surface area contributed by atoms with Gasteiger partial charge < -0.3 is 5.32 Å². The van der Waals surface area contributed by atoms with Gasteiger partial charge in [-0.15, -0.1) is 23.1 Å². The lowest BCUT2D eigenvalue weighted by atomic mass is 10.2. The molecule has 0 spiro atoms. The standard InChI is InChI=1S/C20H22N2OS2/c1-15(20-22-17-10-5-6-11-18(17)25-20)14-21-19(23)12-7-13-24-16-8-3-2-4-9-16/h2-6,8-11,15H,7,12-14H2,1H3,(H,21,23). The molecule has 5 heteroatoms. The van der Waals surface area contributed by atoms with E-state index in [1.807, 2.05) is 36.4 Å². The van der Waals surface area contributed by atoms with Gasteiger partial charge in [-0.1, -0.05) is 37.3 Å². The number of aromatic nitrogens is 1. The largest absolute Gasteiger partial charge is 0.355 e. The number of thioether (sulfide) groups is 1. The van der Waals surface area contributed by atoms with Crippen LogP contribution in [-0.4, -0.2) is 23.2 Å². The van der Waals surface area contributed by atoms with Crippen LogP contribution in [-0.2, 0) is 4.79 Å². The molecule has 1 amide bonds. The molecule has 0 radical (unpaired) electrons. The van der Waals surface area contributed by atoms with Crippen molar-refractivity contribution in [3.05, 3.63) is 59.6 Å². The molecule has 0 aliphatic rings. The molecule has 3 nitrogen and oxygen atoms in total. The summed E-state index contributed by atoms with van der Waals surface area (Å²) in [6.45, 7) is 2.76. The van der Waals surface area contributed by atoms with Crippen molar-refractivity contribution >= 4 is 39.2 Å². The predicted molar refractivity (Wildman–Crippen MR) is 107 cm³/mol. The lowest BCUT2D eigenvalue weighted by molar-refractivity contribution is -0.121. The fraction of sp³-hybridized carbons (Fsp3) is 0.300. The molecular weight excluding hydrogens is 348 g/mol. The van der Waals surface area contributed by atoms with Gasteiger partial charge in [0.1, 0.15) is 0 Å². The Hall–Kier alpha value is -1.85. The quantitative estimate of drug-likeness (QED) is 0.444. The monoisotopic (exact) mass is 370 g/mol. The second-order valence-corrected chi connectivity index (χ2v) is 8.22. The minimum atomic E-state index is 0.127. The Morgan fingerprint density at radius 1 is 1.16 bits per heavy atom. The number of hydrogen-bond acceptors (Lipinski definition) is 4. The van der Waals surface area contributed by atoms with E-state index in [4.69, 9.17) is 0 Å². The van der Waals surface area contributed by atoms with Crippen molar-refractivity contribution < 1.29 is 4.79 Å². The molecule has 1 N–H and O–H groups in total. The highest BCUT2D eigenvalue weighted by atomic mass is 32.2. The summed E-state index contributed by atoms with van der Waals surface area (Å²) in [5.41, 5.74) is 1.04. The van der Waals surface area contributed by atoms with Crippen molar-refractivity contribution in [3.63, 3.8) is 0 Å². The first-order valence-corrected chi connectivity index (χ1v) is 10.3. The van der Waals surface area contributed by atoms with E-state index in [0.29, 0.717) is 13.0 Å². The molecule has 3 aromatic rings. The number of benzene rings is 2. The molecule has 25 heavy (non-hydrogen) atoms. The van der Waals surface area contributed by atoms with E-state index in [1.54, 1.807) is 23.1 Å². The zero-order valence-corrected chi connectivity index (χ0v) is 15.9. The van der Waals surface area contributed by atoms with Crippen molar-refractivity contribution in [1.29, 1.82) is 0 Å². The number of thiazole rings is 1. The number of para-hydroxylation sites is 1. The van der Waals surface area contributed by atoms with Gasteiger partial charge in [0.05, 0.1) is 15.2 Å². The van der Waals surface area contributed by atoms with Crippen molar-refractivity contribution in [2.75, 3.05) is 12.3 Å². The molecule has 0 saturated carbocycles. The van der Waals surface area contributed by atoms with Gasteiger partial charge in [0.15, 0.2) is 0 Å². The normalized spacial score (nSPS) is 12.2. The smallest absolute Gasteiger partial charge is 0.220 e. The Balaban J connectivity index is 1.38. The van der Waals surface area contributed by atoms with E-state index >= 15 is 0 Å². The molecule has 3 rings (SSSR count). The maximum Gasteiger partial charge on any atom is 0.220 e. The van der Waals surface area contributed by atoms with Crippen LogP contribution in [0.25, 0.3) is 10.2 Å². The van der Waals surface area contributed by atoms with Crippen LogP contribution in [0.4, 0.5) is 0 Å². The van der Waals surface area contributed by atoms with E-state index in [0.717, 1.165) is 22.7 Å². The SMILES string of the molecule is CC(CNC(=O)CCCSc1ccccc1)c1nc2ccccc2s1. The number of fused-ring (bicyclic) bond motifs is 1. The first-order chi connectivity index (χ1) is 12.2. The number of carbonyl (C=O) groups is 1. The fourth-order valence-corrected chi connectivity index (χ4v) is 4.38. The van der Waals surface area contributed by atoms with E-state index in [9.17, 15) is 4.79 Å². The topological polar surface area (TPSA) is 42.0 Å². The number of rotatable bonds is 8. The van der Waals surface area contributed by atoms with Gasteiger partial charge in [-0.05, 0) is 36.4 Å². The number of nitrogens with zero attached hydrogens (tertiary/aromatic N) is 1. The predicted octanol–water partition coefficient (Wildman–Crippen LogP) is 5.09. The van der Waals surface area contributed by atoms with Crippen molar-refractivity contribution in [3.8, 4) is 0 Å². The third-order valence-corrected chi connectivity index (χ3v) is 6.26. The summed E-state index contributed by atoms with van der Waals surface area (Å²) in [6, 6.07) is 18.5. The molecule has 0 bridgehead atoms. The van der Waals surface area contributed by atoms with Crippen LogP contribution in [0.3, 0.4) is 0 Å². The van der Waals surface area contributed by atoms with E-state index < -0.39 is 0 Å². The Morgan fingerprint density at radius 2 is 1.92 bits per heavy atom. The summed E-state index contributed by atoms with van der Waals surface area (Å²) in [7, 11) is 0. The Morgan fingerprint density at radius 3 is 2.72 bits per heavy atom. The average Bonchev–Trinajstić information content (AvgIpc) is 3.08. The van der Waals surface area contributed by atoms with Crippen LogP contribution >= 0.6 is 23.1 Å².